The van der Waals surface area contributed by atoms with Crippen molar-refractivity contribution in [2.75, 3.05) is 31.3 Å². The van der Waals surface area contributed by atoms with E-state index < -0.39 is 0 Å². The Bertz CT molecular complexity index is 952. The second-order valence-corrected chi connectivity index (χ2v) is 6.61. The van der Waals surface area contributed by atoms with Gasteiger partial charge < -0.3 is 4.90 Å². The number of anilines is 1. The molecule has 0 atom stereocenters. The average molecular weight is 378 g/mol. The van der Waals surface area contributed by atoms with E-state index in [1.807, 2.05) is 61.3 Å². The Morgan fingerprint density at radius 1 is 1.07 bits per heavy atom. The van der Waals surface area contributed by atoms with Gasteiger partial charge in [0.05, 0.1) is 24.4 Å². The zero-order valence-electron chi connectivity index (χ0n) is 15.9. The fraction of sp³-hybridized carbons (Fsp3) is 0.300. The Balaban J connectivity index is 1.53. The van der Waals surface area contributed by atoms with Crippen LogP contribution in [0.15, 0.2) is 48.8 Å². The van der Waals surface area contributed by atoms with E-state index in [2.05, 4.69) is 15.1 Å². The molecule has 28 heavy (non-hydrogen) atoms. The Hall–Kier alpha value is -3.26. The van der Waals surface area contributed by atoms with E-state index in [-0.39, 0.29) is 5.91 Å². The van der Waals surface area contributed by atoms with Crippen LogP contribution in [0.4, 0.5) is 5.82 Å². The third-order valence-corrected chi connectivity index (χ3v) is 4.56. The number of amides is 1. The number of aromatic nitrogens is 4. The van der Waals surface area contributed by atoms with Gasteiger partial charge in [0, 0.05) is 37.2 Å². The van der Waals surface area contributed by atoms with Gasteiger partial charge >= 0.3 is 0 Å². The summed E-state index contributed by atoms with van der Waals surface area (Å²) in [6, 6.07) is 11.2. The summed E-state index contributed by atoms with van der Waals surface area (Å²) in [5.41, 5.74) is 2.27. The second kappa shape index (κ2) is 7.77. The highest BCUT2D eigenvalue weighted by Gasteiger charge is 2.24. The molecule has 3 aromatic rings. The number of para-hydroxylation sites is 1. The minimum absolute atomic E-state index is 0.0356. The van der Waals surface area contributed by atoms with Gasteiger partial charge in [-0.1, -0.05) is 12.1 Å². The standard InChI is InChI=1S/C20H22N6O2/c1-15-14-19(23-16(2)22-15)26-11-10-24(12-13-28-26)20(27)17-6-3-4-7-18(17)25-9-5-8-21-25/h3-9,14H,10-13H2,1-2H3. The zero-order valence-corrected chi connectivity index (χ0v) is 15.9. The van der Waals surface area contributed by atoms with E-state index in [4.69, 9.17) is 4.84 Å². The highest BCUT2D eigenvalue weighted by Crippen LogP contribution is 2.19. The van der Waals surface area contributed by atoms with E-state index in [0.717, 1.165) is 17.2 Å². The van der Waals surface area contributed by atoms with Crippen molar-refractivity contribution in [3.63, 3.8) is 0 Å². The van der Waals surface area contributed by atoms with Crippen LogP contribution < -0.4 is 5.06 Å². The molecule has 8 heteroatoms. The molecule has 0 aliphatic carbocycles. The van der Waals surface area contributed by atoms with Crippen molar-refractivity contribution in [1.29, 1.82) is 0 Å². The lowest BCUT2D eigenvalue weighted by molar-refractivity contribution is 0.0730. The van der Waals surface area contributed by atoms with Gasteiger partial charge in [-0.3, -0.25) is 9.63 Å². The van der Waals surface area contributed by atoms with E-state index in [9.17, 15) is 4.79 Å². The number of carbonyl (C=O) groups is 1. The summed E-state index contributed by atoms with van der Waals surface area (Å²) in [6.45, 7) is 5.76. The zero-order chi connectivity index (χ0) is 19.5. The van der Waals surface area contributed by atoms with Crippen molar-refractivity contribution >= 4 is 11.7 Å². The van der Waals surface area contributed by atoms with Gasteiger partial charge in [-0.2, -0.15) is 5.10 Å². The normalized spacial score (nSPS) is 14.8. The molecular weight excluding hydrogens is 356 g/mol. The number of nitrogens with zero attached hydrogens (tertiary/aromatic N) is 6. The largest absolute Gasteiger partial charge is 0.334 e. The average Bonchev–Trinajstić information content (AvgIpc) is 3.11. The van der Waals surface area contributed by atoms with Gasteiger partial charge in [-0.25, -0.2) is 19.7 Å². The molecule has 0 N–H and O–H groups in total. The Kier molecular flexibility index (Phi) is 5.03. The predicted molar refractivity (Wildman–Crippen MR) is 104 cm³/mol. The summed E-state index contributed by atoms with van der Waals surface area (Å²) in [6.07, 6.45) is 3.53. The highest BCUT2D eigenvalue weighted by molar-refractivity contribution is 5.97. The first-order valence-corrected chi connectivity index (χ1v) is 9.23. The predicted octanol–water partition coefficient (Wildman–Crippen LogP) is 2.17. The van der Waals surface area contributed by atoms with Gasteiger partial charge in [0.25, 0.3) is 5.91 Å². The van der Waals surface area contributed by atoms with Crippen LogP contribution in [0.1, 0.15) is 21.9 Å². The van der Waals surface area contributed by atoms with E-state index >= 15 is 0 Å². The molecule has 8 nitrogen and oxygen atoms in total. The van der Waals surface area contributed by atoms with Gasteiger partial charge in [-0.15, -0.1) is 0 Å². The quantitative estimate of drug-likeness (QED) is 0.695. The van der Waals surface area contributed by atoms with Gasteiger partial charge in [-0.05, 0) is 32.0 Å². The Morgan fingerprint density at radius 3 is 2.71 bits per heavy atom. The maximum absolute atomic E-state index is 13.2. The van der Waals surface area contributed by atoms with E-state index in [1.54, 1.807) is 15.9 Å². The molecular formula is C20H22N6O2. The van der Waals surface area contributed by atoms with E-state index in [1.165, 1.54) is 0 Å². The first-order chi connectivity index (χ1) is 13.6. The Labute approximate surface area is 163 Å². The lowest BCUT2D eigenvalue weighted by Gasteiger charge is -2.22. The number of benzene rings is 1. The second-order valence-electron chi connectivity index (χ2n) is 6.61. The fourth-order valence-electron chi connectivity index (χ4n) is 3.29. The third kappa shape index (κ3) is 3.72. The Morgan fingerprint density at radius 2 is 1.93 bits per heavy atom. The first-order valence-electron chi connectivity index (χ1n) is 9.23. The van der Waals surface area contributed by atoms with Crippen LogP contribution in [-0.4, -0.2) is 56.8 Å². The summed E-state index contributed by atoms with van der Waals surface area (Å²) < 4.78 is 1.71. The summed E-state index contributed by atoms with van der Waals surface area (Å²) in [4.78, 5) is 29.6. The number of hydrogen-bond donors (Lipinski definition) is 0. The maximum atomic E-state index is 13.2. The van der Waals surface area contributed by atoms with Crippen LogP contribution in [-0.2, 0) is 4.84 Å². The third-order valence-electron chi connectivity index (χ3n) is 4.56. The number of hydrogen-bond acceptors (Lipinski definition) is 6. The molecule has 3 heterocycles. The fourth-order valence-corrected chi connectivity index (χ4v) is 3.29. The van der Waals surface area contributed by atoms with Gasteiger partial charge in [0.15, 0.2) is 5.82 Å². The molecule has 4 rings (SSSR count). The molecule has 1 amide bonds. The molecule has 0 bridgehead atoms. The van der Waals surface area contributed by atoms with Crippen LogP contribution >= 0.6 is 0 Å². The number of aryl methyl sites for hydroxylation is 2. The van der Waals surface area contributed by atoms with Crippen molar-refractivity contribution < 1.29 is 9.63 Å². The highest BCUT2D eigenvalue weighted by atomic mass is 16.7. The van der Waals surface area contributed by atoms with E-state index in [0.29, 0.717) is 37.6 Å². The molecule has 1 saturated heterocycles. The molecule has 2 aromatic heterocycles. The minimum atomic E-state index is -0.0356. The van der Waals surface area contributed by atoms with Crippen LogP contribution in [0, 0.1) is 13.8 Å². The molecule has 1 aliphatic rings. The van der Waals surface area contributed by atoms with Crippen LogP contribution in [0.5, 0.6) is 0 Å². The smallest absolute Gasteiger partial charge is 0.256 e. The van der Waals surface area contributed by atoms with Crippen molar-refractivity contribution in [1.82, 2.24) is 24.6 Å². The molecule has 0 radical (unpaired) electrons. The molecule has 0 unspecified atom stereocenters. The van der Waals surface area contributed by atoms with Crippen molar-refractivity contribution in [3.8, 4) is 5.69 Å². The molecule has 0 spiro atoms. The van der Waals surface area contributed by atoms with Crippen molar-refractivity contribution in [3.05, 3.63) is 65.9 Å². The summed E-state index contributed by atoms with van der Waals surface area (Å²) in [7, 11) is 0. The topological polar surface area (TPSA) is 76.4 Å². The monoisotopic (exact) mass is 378 g/mol. The van der Waals surface area contributed by atoms with Crippen LogP contribution in [0.25, 0.3) is 5.69 Å². The lowest BCUT2D eigenvalue weighted by Crippen LogP contribution is -2.36. The minimum Gasteiger partial charge on any atom is -0.334 e. The SMILES string of the molecule is Cc1cc(N2CCN(C(=O)c3ccccc3-n3cccn3)CCO2)nc(C)n1. The molecule has 144 valence electrons. The van der Waals surface area contributed by atoms with Crippen LogP contribution in [0.2, 0.25) is 0 Å². The number of carbonyl (C=O) groups excluding carboxylic acids is 1. The molecule has 1 aliphatic heterocycles. The summed E-state index contributed by atoms with van der Waals surface area (Å²) in [5, 5.41) is 6.00. The summed E-state index contributed by atoms with van der Waals surface area (Å²) >= 11 is 0. The lowest BCUT2D eigenvalue weighted by atomic mass is 10.1. The first kappa shape index (κ1) is 18.1. The summed E-state index contributed by atoms with van der Waals surface area (Å²) in [5.74, 6) is 1.38. The molecule has 1 fully saturated rings. The maximum Gasteiger partial charge on any atom is 0.256 e. The molecule has 1 aromatic carbocycles. The van der Waals surface area contributed by atoms with Gasteiger partial charge in [0.2, 0.25) is 0 Å². The number of rotatable bonds is 3. The van der Waals surface area contributed by atoms with Crippen molar-refractivity contribution in [2.24, 2.45) is 0 Å². The number of hydroxylamine groups is 1. The molecule has 0 saturated carbocycles. The van der Waals surface area contributed by atoms with Gasteiger partial charge in [0.1, 0.15) is 5.82 Å². The van der Waals surface area contributed by atoms with Crippen molar-refractivity contribution in [2.45, 2.75) is 13.8 Å². The van der Waals surface area contributed by atoms with Crippen LogP contribution in [0.3, 0.4) is 0 Å².